The van der Waals surface area contributed by atoms with Crippen LogP contribution in [0.15, 0.2) is 30.0 Å². The zero-order valence-electron chi connectivity index (χ0n) is 21.9. The van der Waals surface area contributed by atoms with E-state index in [1.165, 1.54) is 23.4 Å². The number of H-pyrrole nitrogens is 1. The average Bonchev–Trinajstić information content (AvgIpc) is 3.73. The topological polar surface area (TPSA) is 315 Å². The molecule has 10 atom stereocenters. The molecule has 6 heterocycles. The molecule has 6 rings (SSSR count). The van der Waals surface area contributed by atoms with Crippen LogP contribution in [0.3, 0.4) is 0 Å². The summed E-state index contributed by atoms with van der Waals surface area (Å²) in [5, 5.41) is 31.3. The highest BCUT2D eigenvalue weighted by atomic mass is 31.2. The van der Waals surface area contributed by atoms with E-state index >= 15 is 0 Å². The minimum Gasteiger partial charge on any atom is -0.394 e. The molecule has 2 aliphatic heterocycles. The van der Waals surface area contributed by atoms with Crippen molar-refractivity contribution in [1.29, 1.82) is 0 Å². The number of nitrogens with zero attached hydrogens (tertiary/aromatic N) is 7. The Morgan fingerprint density at radius 2 is 1.80 bits per heavy atom. The van der Waals surface area contributed by atoms with Crippen LogP contribution < -0.4 is 11.3 Å². The number of anilines is 1. The van der Waals surface area contributed by atoms with Crippen molar-refractivity contribution in [3.63, 3.8) is 0 Å². The van der Waals surface area contributed by atoms with Gasteiger partial charge in [0.15, 0.2) is 35.4 Å². The van der Waals surface area contributed by atoms with Crippen molar-refractivity contribution in [3.8, 4) is 0 Å². The van der Waals surface area contributed by atoms with Gasteiger partial charge in [0.2, 0.25) is 5.95 Å². The molecule has 4 aromatic heterocycles. The molecule has 22 nitrogen and oxygen atoms in total. The summed E-state index contributed by atoms with van der Waals surface area (Å²) < 4.78 is 53.7. The molecule has 2 aliphatic rings. The number of aliphatic hydroxyl groups excluding tert-OH is 3. The Morgan fingerprint density at radius 3 is 2.55 bits per heavy atom. The third-order valence-electron chi connectivity index (χ3n) is 6.91. The van der Waals surface area contributed by atoms with Crippen LogP contribution in [-0.4, -0.2) is 114 Å². The Balaban J connectivity index is 1.22. The first-order chi connectivity index (χ1) is 21.0. The van der Waals surface area contributed by atoms with Crippen LogP contribution in [0.1, 0.15) is 12.5 Å². The molecule has 0 saturated carbocycles. The zero-order chi connectivity index (χ0) is 31.3. The highest BCUT2D eigenvalue weighted by molar-refractivity contribution is 7.47. The van der Waals surface area contributed by atoms with Crippen molar-refractivity contribution < 1.29 is 57.3 Å². The number of hydrogen-bond acceptors (Lipinski definition) is 17. The molecule has 236 valence electrons. The summed E-state index contributed by atoms with van der Waals surface area (Å²) in [6.45, 7) is -1.55. The van der Waals surface area contributed by atoms with Crippen LogP contribution in [0.5, 0.6) is 0 Å². The largest absolute Gasteiger partial charge is 0.695 e. The summed E-state index contributed by atoms with van der Waals surface area (Å²) in [7, 11) is -8.41. The number of ether oxygens (including phenoxy) is 2. The van der Waals surface area contributed by atoms with E-state index in [-0.39, 0.29) is 22.8 Å². The number of fused-ring (bicyclic) bond motifs is 2. The summed E-state index contributed by atoms with van der Waals surface area (Å²) in [5.41, 5.74) is 5.26. The molecule has 44 heavy (non-hydrogen) atoms. The molecule has 0 aliphatic carbocycles. The Morgan fingerprint density at radius 1 is 1.07 bits per heavy atom. The summed E-state index contributed by atoms with van der Waals surface area (Å²) in [6, 6.07) is 0. The number of phosphoric ester groups is 1. The lowest BCUT2D eigenvalue weighted by atomic mass is 10.1. The number of aliphatic hydroxyl groups is 3. The second-order valence-electron chi connectivity index (χ2n) is 9.59. The minimum absolute atomic E-state index is 0.112. The maximum absolute atomic E-state index is 13.1. The molecule has 4 aromatic rings. The summed E-state index contributed by atoms with van der Waals surface area (Å²) in [6.07, 6.45) is -6.95. The van der Waals surface area contributed by atoms with E-state index in [1.54, 1.807) is 0 Å². The van der Waals surface area contributed by atoms with Crippen molar-refractivity contribution >= 4 is 44.4 Å². The van der Waals surface area contributed by atoms with Crippen LogP contribution in [0.25, 0.3) is 22.3 Å². The van der Waals surface area contributed by atoms with Crippen molar-refractivity contribution in [2.45, 2.75) is 49.1 Å². The summed E-state index contributed by atoms with van der Waals surface area (Å²) in [4.78, 5) is 54.4. The first-order valence-electron chi connectivity index (χ1n) is 12.6. The van der Waals surface area contributed by atoms with Crippen LogP contribution in [-0.2, 0) is 32.2 Å². The van der Waals surface area contributed by atoms with Gasteiger partial charge in [0, 0.05) is 4.57 Å². The number of phosphoric acid groups is 1. The monoisotopic (exact) mass is 660 g/mol. The molecule has 0 amide bonds. The van der Waals surface area contributed by atoms with Crippen LogP contribution in [0, 0.1) is 0 Å². The second kappa shape index (κ2) is 11.9. The predicted molar refractivity (Wildman–Crippen MR) is 140 cm³/mol. The molecule has 8 N–H and O–H groups in total. The predicted octanol–water partition coefficient (Wildman–Crippen LogP) is -2.41. The van der Waals surface area contributed by atoms with Crippen LogP contribution in [0.4, 0.5) is 5.95 Å². The Kier molecular flexibility index (Phi) is 8.26. The normalized spacial score (nSPS) is 30.7. The molecular formula is C20H24N9O13P2+. The maximum Gasteiger partial charge on any atom is 0.695 e. The molecule has 0 aromatic carbocycles. The first kappa shape index (κ1) is 30.6. The zero-order valence-corrected chi connectivity index (χ0v) is 23.7. The van der Waals surface area contributed by atoms with Crippen molar-refractivity contribution in [2.24, 2.45) is 0 Å². The van der Waals surface area contributed by atoms with E-state index < -0.39 is 83.9 Å². The van der Waals surface area contributed by atoms with Gasteiger partial charge in [-0.2, -0.15) is 4.98 Å². The standard InChI is InChI=1S/C20H23N9O13P2/c21-20-26-16-10(17(33)27-20)25-6-29(16)19-14(11(31)8(2-30)39-19)42-44(36,37)38-3-9-13(41-43(34)35)12(32)18(40-9)28-5-24-7-1-22-4-23-15(7)28/h1,4-6,8-9,11-14,18-19,30-32H,2-3H2,(H4-,21,26,27,33,34,35,36,37)/p+1/t8-,9-,11-,12-,13-,14-,18-,19-/m1/s1. The van der Waals surface area contributed by atoms with Gasteiger partial charge in [-0.3, -0.25) is 28.0 Å². The third kappa shape index (κ3) is 5.62. The van der Waals surface area contributed by atoms with Gasteiger partial charge in [-0.15, -0.1) is 9.42 Å². The molecule has 2 unspecified atom stereocenters. The lowest BCUT2D eigenvalue weighted by Crippen LogP contribution is -2.36. The smallest absolute Gasteiger partial charge is 0.394 e. The van der Waals surface area contributed by atoms with Crippen LogP contribution >= 0.6 is 16.1 Å². The number of nitrogens with one attached hydrogen (secondary N) is 1. The van der Waals surface area contributed by atoms with Gasteiger partial charge >= 0.3 is 16.1 Å². The summed E-state index contributed by atoms with van der Waals surface area (Å²) >= 11 is 0. The maximum atomic E-state index is 13.1. The van der Waals surface area contributed by atoms with Gasteiger partial charge in [0.25, 0.3) is 5.56 Å². The number of nitrogens with two attached hydrogens (primary N) is 1. The number of nitrogen functional groups attached to an aromatic ring is 1. The number of imidazole rings is 2. The molecular weight excluding hydrogens is 636 g/mol. The van der Waals surface area contributed by atoms with E-state index in [0.29, 0.717) is 5.52 Å². The molecule has 2 saturated heterocycles. The summed E-state index contributed by atoms with van der Waals surface area (Å²) in [5.74, 6) is -0.273. The van der Waals surface area contributed by atoms with E-state index in [1.807, 2.05) is 0 Å². The lowest BCUT2D eigenvalue weighted by molar-refractivity contribution is -0.0609. The highest BCUT2D eigenvalue weighted by Crippen LogP contribution is 2.50. The first-order valence-corrected chi connectivity index (χ1v) is 15.2. The van der Waals surface area contributed by atoms with Crippen molar-refractivity contribution in [2.75, 3.05) is 18.9 Å². The lowest BCUT2D eigenvalue weighted by Gasteiger charge is -2.24. The average molecular weight is 660 g/mol. The van der Waals surface area contributed by atoms with Gasteiger partial charge in [0.05, 0.1) is 32.1 Å². The number of aromatic nitrogens is 8. The van der Waals surface area contributed by atoms with Gasteiger partial charge in [-0.05, 0) is 0 Å². The molecule has 2 fully saturated rings. The van der Waals surface area contributed by atoms with Crippen molar-refractivity contribution in [3.05, 3.63) is 35.5 Å². The quantitative estimate of drug-likeness (QED) is 0.0871. The fraction of sp³-hybridized carbons (Fsp3) is 0.500. The molecule has 0 radical (unpaired) electrons. The fourth-order valence-corrected chi connectivity index (χ4v) is 6.38. The molecule has 24 heteroatoms. The fourth-order valence-electron chi connectivity index (χ4n) is 4.98. The SMILES string of the molecule is Nc1nc2c(ncn2[C@@H]2O[C@H](CO)[C@@H](O)[C@H]2OP(=O)(O)OC[C@H]2O[C@@H](n3cnc4cncnc43)[C@H](O)[C@@H]2O[P+](=O)O)c(=O)[nH]1. The van der Waals surface area contributed by atoms with E-state index in [0.717, 1.165) is 10.9 Å². The van der Waals surface area contributed by atoms with E-state index in [2.05, 4.69) is 29.9 Å². The Bertz CT molecular complexity index is 1800. The van der Waals surface area contributed by atoms with E-state index in [9.17, 15) is 39.0 Å². The van der Waals surface area contributed by atoms with Gasteiger partial charge in [0.1, 0.15) is 42.4 Å². The van der Waals surface area contributed by atoms with Gasteiger partial charge in [-0.25, -0.2) is 24.5 Å². The molecule has 0 bridgehead atoms. The number of aromatic amines is 1. The van der Waals surface area contributed by atoms with Crippen molar-refractivity contribution in [1.82, 2.24) is 39.0 Å². The minimum atomic E-state index is -5.15. The Labute approximate surface area is 244 Å². The Hall–Kier alpha value is -3.37. The highest BCUT2D eigenvalue weighted by Gasteiger charge is 2.53. The van der Waals surface area contributed by atoms with E-state index in [4.69, 9.17) is 28.8 Å². The van der Waals surface area contributed by atoms with Gasteiger partial charge in [-0.1, -0.05) is 0 Å². The number of rotatable bonds is 10. The number of hydrogen-bond donors (Lipinski definition) is 7. The second-order valence-corrected chi connectivity index (χ2v) is 11.7. The van der Waals surface area contributed by atoms with Gasteiger partial charge < -0.3 is 35.4 Å². The van der Waals surface area contributed by atoms with Crippen LogP contribution in [0.2, 0.25) is 0 Å². The molecule has 0 spiro atoms. The third-order valence-corrected chi connectivity index (χ3v) is 8.32.